The van der Waals surface area contributed by atoms with Crippen LogP contribution in [0.15, 0.2) is 42.5 Å². The van der Waals surface area contributed by atoms with Crippen molar-refractivity contribution in [1.82, 2.24) is 5.32 Å². The molecule has 5 nitrogen and oxygen atoms in total. The molecule has 140 valence electrons. The molecule has 1 atom stereocenters. The van der Waals surface area contributed by atoms with Gasteiger partial charge >= 0.3 is 0 Å². The summed E-state index contributed by atoms with van der Waals surface area (Å²) in [5.74, 6) is 2.20. The van der Waals surface area contributed by atoms with Gasteiger partial charge in [-0.15, -0.1) is 0 Å². The quantitative estimate of drug-likeness (QED) is 0.778. The number of amides is 1. The predicted molar refractivity (Wildman–Crippen MR) is 102 cm³/mol. The van der Waals surface area contributed by atoms with E-state index in [2.05, 4.69) is 19.2 Å². The van der Waals surface area contributed by atoms with Crippen LogP contribution < -0.4 is 19.5 Å². The molecule has 2 aromatic carbocycles. The van der Waals surface area contributed by atoms with Crippen LogP contribution in [0.2, 0.25) is 0 Å². The van der Waals surface area contributed by atoms with Crippen LogP contribution in [-0.4, -0.2) is 26.2 Å². The summed E-state index contributed by atoms with van der Waals surface area (Å²) in [5.41, 5.74) is 2.01. The molecule has 26 heavy (non-hydrogen) atoms. The van der Waals surface area contributed by atoms with E-state index in [1.807, 2.05) is 42.5 Å². The lowest BCUT2D eigenvalue weighted by Gasteiger charge is -2.19. The standard InChI is InChI=1S/C21H27NO4/c1-14(2)17-8-6-7-9-18(17)26-15(3)21(23)22-13-16-10-11-19(24-4)20(12-16)25-5/h6-12,14-15H,13H2,1-5H3,(H,22,23)/t15-/m1/s1. The number of rotatable bonds is 8. The number of nitrogens with one attached hydrogen (secondary N) is 1. The van der Waals surface area contributed by atoms with Crippen LogP contribution in [-0.2, 0) is 11.3 Å². The van der Waals surface area contributed by atoms with Gasteiger partial charge in [0, 0.05) is 6.54 Å². The third-order valence-electron chi connectivity index (χ3n) is 4.13. The first kappa shape index (κ1) is 19.6. The maximum Gasteiger partial charge on any atom is 0.261 e. The van der Waals surface area contributed by atoms with E-state index < -0.39 is 6.10 Å². The maximum atomic E-state index is 12.4. The summed E-state index contributed by atoms with van der Waals surface area (Å²) in [6, 6.07) is 13.4. The molecule has 0 fully saturated rings. The predicted octanol–water partition coefficient (Wildman–Crippen LogP) is 3.91. The van der Waals surface area contributed by atoms with Crippen LogP contribution in [0.4, 0.5) is 0 Å². The van der Waals surface area contributed by atoms with Crippen molar-refractivity contribution in [3.05, 3.63) is 53.6 Å². The van der Waals surface area contributed by atoms with Gasteiger partial charge in [0.1, 0.15) is 5.75 Å². The average molecular weight is 357 g/mol. The Morgan fingerprint density at radius 2 is 1.65 bits per heavy atom. The van der Waals surface area contributed by atoms with E-state index in [0.717, 1.165) is 16.9 Å². The van der Waals surface area contributed by atoms with Crippen LogP contribution in [0.5, 0.6) is 17.2 Å². The molecule has 0 heterocycles. The molecule has 0 unspecified atom stereocenters. The van der Waals surface area contributed by atoms with Gasteiger partial charge in [-0.3, -0.25) is 4.79 Å². The minimum Gasteiger partial charge on any atom is -0.493 e. The smallest absolute Gasteiger partial charge is 0.261 e. The van der Waals surface area contributed by atoms with E-state index in [0.29, 0.717) is 24.0 Å². The summed E-state index contributed by atoms with van der Waals surface area (Å²) >= 11 is 0. The van der Waals surface area contributed by atoms with Gasteiger partial charge in [0.2, 0.25) is 0 Å². The van der Waals surface area contributed by atoms with E-state index in [-0.39, 0.29) is 5.91 Å². The van der Waals surface area contributed by atoms with E-state index >= 15 is 0 Å². The molecule has 2 aromatic rings. The highest BCUT2D eigenvalue weighted by atomic mass is 16.5. The van der Waals surface area contributed by atoms with Crippen LogP contribution in [0.25, 0.3) is 0 Å². The van der Waals surface area contributed by atoms with Gasteiger partial charge in [0.15, 0.2) is 17.6 Å². The SMILES string of the molecule is COc1ccc(CNC(=O)[C@@H](C)Oc2ccccc2C(C)C)cc1OC. The zero-order valence-corrected chi connectivity index (χ0v) is 16.0. The van der Waals surface area contributed by atoms with Gasteiger partial charge in [-0.2, -0.15) is 0 Å². The van der Waals surface area contributed by atoms with Crippen molar-refractivity contribution < 1.29 is 19.0 Å². The Morgan fingerprint density at radius 1 is 0.962 bits per heavy atom. The first-order valence-corrected chi connectivity index (χ1v) is 8.70. The van der Waals surface area contributed by atoms with Crippen molar-refractivity contribution in [2.75, 3.05) is 14.2 Å². The molecule has 1 amide bonds. The second-order valence-corrected chi connectivity index (χ2v) is 6.36. The van der Waals surface area contributed by atoms with Crippen molar-refractivity contribution in [1.29, 1.82) is 0 Å². The van der Waals surface area contributed by atoms with Gasteiger partial charge in [-0.1, -0.05) is 38.1 Å². The van der Waals surface area contributed by atoms with Gasteiger partial charge in [-0.05, 0) is 42.2 Å². The number of benzene rings is 2. The minimum absolute atomic E-state index is 0.168. The molecule has 0 aliphatic heterocycles. The normalized spacial score (nSPS) is 11.8. The Labute approximate surface area is 155 Å². The Bertz CT molecular complexity index is 743. The summed E-state index contributed by atoms with van der Waals surface area (Å²) in [6.07, 6.45) is -0.588. The molecule has 0 aromatic heterocycles. The number of carbonyl (C=O) groups excluding carboxylic acids is 1. The Morgan fingerprint density at radius 3 is 2.31 bits per heavy atom. The largest absolute Gasteiger partial charge is 0.493 e. The minimum atomic E-state index is -0.588. The summed E-state index contributed by atoms with van der Waals surface area (Å²) in [5, 5.41) is 2.90. The average Bonchev–Trinajstić information content (AvgIpc) is 2.65. The highest BCUT2D eigenvalue weighted by Crippen LogP contribution is 2.28. The molecular weight excluding hydrogens is 330 g/mol. The number of hydrogen-bond acceptors (Lipinski definition) is 4. The van der Waals surface area contributed by atoms with E-state index in [1.165, 1.54) is 0 Å². The first-order valence-electron chi connectivity index (χ1n) is 8.70. The molecule has 0 saturated heterocycles. The number of para-hydroxylation sites is 1. The molecule has 0 spiro atoms. The molecule has 0 saturated carbocycles. The van der Waals surface area contributed by atoms with E-state index in [9.17, 15) is 4.79 Å². The summed E-state index contributed by atoms with van der Waals surface area (Å²) in [7, 11) is 3.18. The van der Waals surface area contributed by atoms with Crippen molar-refractivity contribution >= 4 is 5.91 Å². The fourth-order valence-electron chi connectivity index (χ4n) is 2.63. The van der Waals surface area contributed by atoms with Crippen molar-refractivity contribution in [3.63, 3.8) is 0 Å². The molecule has 0 aliphatic carbocycles. The van der Waals surface area contributed by atoms with Gasteiger partial charge in [-0.25, -0.2) is 0 Å². The third-order valence-corrected chi connectivity index (χ3v) is 4.13. The molecule has 2 rings (SSSR count). The molecule has 0 radical (unpaired) electrons. The number of carbonyl (C=O) groups is 1. The summed E-state index contributed by atoms with van der Waals surface area (Å²) in [4.78, 5) is 12.4. The Balaban J connectivity index is 1.98. The Hall–Kier alpha value is -2.69. The fraction of sp³-hybridized carbons (Fsp3) is 0.381. The van der Waals surface area contributed by atoms with Crippen molar-refractivity contribution in [2.45, 2.75) is 39.3 Å². The summed E-state index contributed by atoms with van der Waals surface area (Å²) in [6.45, 7) is 6.34. The molecule has 0 aliphatic rings. The van der Waals surface area contributed by atoms with Gasteiger partial charge < -0.3 is 19.5 Å². The van der Waals surface area contributed by atoms with Gasteiger partial charge in [0.05, 0.1) is 14.2 Å². The molecule has 0 bridgehead atoms. The zero-order chi connectivity index (χ0) is 19.1. The van der Waals surface area contributed by atoms with Gasteiger partial charge in [0.25, 0.3) is 5.91 Å². The Kier molecular flexibility index (Phi) is 6.89. The lowest BCUT2D eigenvalue weighted by atomic mass is 10.0. The second kappa shape index (κ2) is 9.13. The van der Waals surface area contributed by atoms with Crippen LogP contribution in [0, 0.1) is 0 Å². The molecule has 5 heteroatoms. The second-order valence-electron chi connectivity index (χ2n) is 6.36. The highest BCUT2D eigenvalue weighted by molar-refractivity contribution is 5.80. The number of hydrogen-bond donors (Lipinski definition) is 1. The van der Waals surface area contributed by atoms with E-state index in [1.54, 1.807) is 21.1 Å². The number of methoxy groups -OCH3 is 2. The lowest BCUT2D eigenvalue weighted by Crippen LogP contribution is -2.36. The fourth-order valence-corrected chi connectivity index (χ4v) is 2.63. The third kappa shape index (κ3) is 4.91. The number of ether oxygens (including phenoxy) is 3. The van der Waals surface area contributed by atoms with Crippen LogP contribution >= 0.6 is 0 Å². The van der Waals surface area contributed by atoms with Crippen molar-refractivity contribution in [3.8, 4) is 17.2 Å². The highest BCUT2D eigenvalue weighted by Gasteiger charge is 2.17. The maximum absolute atomic E-state index is 12.4. The zero-order valence-electron chi connectivity index (χ0n) is 16.0. The first-order chi connectivity index (χ1) is 12.5. The monoisotopic (exact) mass is 357 g/mol. The molecular formula is C21H27NO4. The molecule has 1 N–H and O–H groups in total. The van der Waals surface area contributed by atoms with Crippen LogP contribution in [0.3, 0.4) is 0 Å². The van der Waals surface area contributed by atoms with Crippen LogP contribution in [0.1, 0.15) is 37.8 Å². The lowest BCUT2D eigenvalue weighted by molar-refractivity contribution is -0.127. The summed E-state index contributed by atoms with van der Waals surface area (Å²) < 4.78 is 16.4. The topological polar surface area (TPSA) is 56.8 Å². The van der Waals surface area contributed by atoms with Crippen molar-refractivity contribution in [2.24, 2.45) is 0 Å². The van der Waals surface area contributed by atoms with E-state index in [4.69, 9.17) is 14.2 Å².